The van der Waals surface area contributed by atoms with E-state index in [2.05, 4.69) is 10.3 Å². The quantitative estimate of drug-likeness (QED) is 0.417. The number of nitrogens with one attached hydrogen (secondary N) is 1. The van der Waals surface area contributed by atoms with E-state index in [9.17, 15) is 9.59 Å². The molecule has 7 heteroatoms. The van der Waals surface area contributed by atoms with Gasteiger partial charge in [0.15, 0.2) is 18.1 Å². The van der Waals surface area contributed by atoms with Crippen LogP contribution < -0.4 is 10.1 Å². The first-order chi connectivity index (χ1) is 15.1. The Kier molecular flexibility index (Phi) is 5.93. The van der Waals surface area contributed by atoms with E-state index in [4.69, 9.17) is 13.9 Å². The second kappa shape index (κ2) is 9.13. The minimum Gasteiger partial charge on any atom is -0.457 e. The molecule has 0 aliphatic carbocycles. The van der Waals surface area contributed by atoms with Crippen molar-refractivity contribution in [2.45, 2.75) is 19.4 Å². The number of rotatable bonds is 7. The maximum Gasteiger partial charge on any atom is 0.339 e. The van der Waals surface area contributed by atoms with Crippen molar-refractivity contribution < 1.29 is 23.5 Å². The minimum absolute atomic E-state index is 0.290. The van der Waals surface area contributed by atoms with Crippen LogP contribution in [0.25, 0.3) is 11.1 Å². The van der Waals surface area contributed by atoms with Gasteiger partial charge in [-0.15, -0.1) is 0 Å². The molecule has 1 amide bonds. The number of esters is 1. The van der Waals surface area contributed by atoms with Crippen LogP contribution in [0.4, 0.5) is 5.69 Å². The van der Waals surface area contributed by atoms with Gasteiger partial charge >= 0.3 is 5.97 Å². The fraction of sp³-hybridized carbons (Fsp3) is 0.125. The normalized spacial score (nSPS) is 11.6. The number of fused-ring (bicyclic) bond motifs is 1. The van der Waals surface area contributed by atoms with Crippen molar-refractivity contribution in [3.63, 3.8) is 0 Å². The molecule has 0 fully saturated rings. The van der Waals surface area contributed by atoms with Crippen LogP contribution in [0.3, 0.4) is 0 Å². The van der Waals surface area contributed by atoms with Crippen molar-refractivity contribution in [3.8, 4) is 11.5 Å². The monoisotopic (exact) mass is 416 g/mol. The molecule has 7 nitrogen and oxygen atoms in total. The predicted molar refractivity (Wildman–Crippen MR) is 115 cm³/mol. The largest absolute Gasteiger partial charge is 0.457 e. The van der Waals surface area contributed by atoms with E-state index in [0.29, 0.717) is 29.0 Å². The van der Waals surface area contributed by atoms with Crippen LogP contribution in [0.15, 0.2) is 83.6 Å². The predicted octanol–water partition coefficient (Wildman–Crippen LogP) is 5.19. The van der Waals surface area contributed by atoms with Crippen LogP contribution in [0.2, 0.25) is 0 Å². The number of ether oxygens (including phenoxy) is 2. The molecule has 31 heavy (non-hydrogen) atoms. The number of oxazole rings is 1. The number of aromatic nitrogens is 1. The van der Waals surface area contributed by atoms with Crippen molar-refractivity contribution in [1.29, 1.82) is 0 Å². The number of anilines is 1. The summed E-state index contributed by atoms with van der Waals surface area (Å²) in [6.45, 7) is 1.77. The molecule has 1 unspecified atom stereocenters. The number of amides is 1. The summed E-state index contributed by atoms with van der Waals surface area (Å²) in [7, 11) is 0. The number of benzene rings is 3. The molecule has 0 spiro atoms. The Balaban J connectivity index is 1.37. The molecule has 0 radical (unpaired) electrons. The Morgan fingerprint density at radius 3 is 2.48 bits per heavy atom. The Labute approximate surface area is 178 Å². The van der Waals surface area contributed by atoms with E-state index >= 15 is 0 Å². The van der Waals surface area contributed by atoms with Crippen LogP contribution in [0.5, 0.6) is 11.5 Å². The molecule has 4 aromatic rings. The Bertz CT molecular complexity index is 1190. The van der Waals surface area contributed by atoms with Crippen LogP contribution in [-0.2, 0) is 9.53 Å². The van der Waals surface area contributed by atoms with Crippen molar-refractivity contribution in [2.75, 3.05) is 5.32 Å². The van der Waals surface area contributed by atoms with E-state index in [1.165, 1.54) is 6.39 Å². The molecule has 4 rings (SSSR count). The summed E-state index contributed by atoms with van der Waals surface area (Å²) in [6.07, 6.45) is 0.702. The lowest BCUT2D eigenvalue weighted by atomic mass is 10.2. The summed E-state index contributed by atoms with van der Waals surface area (Å²) in [4.78, 5) is 29.1. The summed E-state index contributed by atoms with van der Waals surface area (Å²) >= 11 is 0. The third-order valence-electron chi connectivity index (χ3n) is 4.58. The zero-order valence-corrected chi connectivity index (χ0v) is 16.8. The highest BCUT2D eigenvalue weighted by Gasteiger charge is 2.22. The average Bonchev–Trinajstić information content (AvgIpc) is 3.27. The molecule has 0 aliphatic heterocycles. The van der Waals surface area contributed by atoms with E-state index in [0.717, 1.165) is 5.75 Å². The minimum atomic E-state index is -0.932. The standard InChI is InChI=1S/C24H20N2O5/c1-2-21(31-24(28)16-8-13-20-22(14-16)29-15-25-20)23(27)26-17-9-11-19(12-10-17)30-18-6-4-3-5-7-18/h3-15,21H,2H2,1H3,(H,26,27). The van der Waals surface area contributed by atoms with Crippen LogP contribution in [0.1, 0.15) is 23.7 Å². The van der Waals surface area contributed by atoms with Gasteiger partial charge < -0.3 is 19.2 Å². The zero-order chi connectivity index (χ0) is 21.6. The van der Waals surface area contributed by atoms with Gasteiger partial charge in [0.1, 0.15) is 17.0 Å². The summed E-state index contributed by atoms with van der Waals surface area (Å²) in [5.41, 5.74) is 1.98. The van der Waals surface area contributed by atoms with E-state index < -0.39 is 18.0 Å². The molecule has 3 aromatic carbocycles. The zero-order valence-electron chi connectivity index (χ0n) is 16.8. The molecule has 1 aromatic heterocycles. The summed E-state index contributed by atoms with van der Waals surface area (Å²) < 4.78 is 16.4. The molecule has 1 atom stereocenters. The highest BCUT2D eigenvalue weighted by atomic mass is 16.5. The maximum absolute atomic E-state index is 12.6. The van der Waals surface area contributed by atoms with Gasteiger partial charge in [0, 0.05) is 5.69 Å². The lowest BCUT2D eigenvalue weighted by molar-refractivity contribution is -0.124. The van der Waals surface area contributed by atoms with Gasteiger partial charge in [0.25, 0.3) is 5.91 Å². The maximum atomic E-state index is 12.6. The summed E-state index contributed by atoms with van der Waals surface area (Å²) in [5, 5.41) is 2.77. The van der Waals surface area contributed by atoms with Gasteiger partial charge in [-0.3, -0.25) is 4.79 Å². The van der Waals surface area contributed by atoms with E-state index in [1.54, 1.807) is 49.4 Å². The molecular formula is C24H20N2O5. The van der Waals surface area contributed by atoms with E-state index in [1.807, 2.05) is 30.3 Å². The third kappa shape index (κ3) is 4.90. The summed E-state index contributed by atoms with van der Waals surface area (Å²) in [5.74, 6) is 0.353. The lowest BCUT2D eigenvalue weighted by Crippen LogP contribution is -2.32. The Morgan fingerprint density at radius 1 is 1.00 bits per heavy atom. The second-order valence-electron chi connectivity index (χ2n) is 6.77. The van der Waals surface area contributed by atoms with Crippen molar-refractivity contribution in [1.82, 2.24) is 4.98 Å². The second-order valence-corrected chi connectivity index (χ2v) is 6.77. The van der Waals surface area contributed by atoms with E-state index in [-0.39, 0.29) is 5.56 Å². The fourth-order valence-corrected chi connectivity index (χ4v) is 2.96. The molecule has 0 saturated heterocycles. The number of carbonyl (C=O) groups excluding carboxylic acids is 2. The molecule has 1 heterocycles. The topological polar surface area (TPSA) is 90.7 Å². The van der Waals surface area contributed by atoms with Gasteiger partial charge in [0.2, 0.25) is 0 Å². The highest BCUT2D eigenvalue weighted by Crippen LogP contribution is 2.23. The van der Waals surface area contributed by atoms with Gasteiger partial charge in [-0.1, -0.05) is 25.1 Å². The first kappa shape index (κ1) is 20.2. The Morgan fingerprint density at radius 2 is 1.74 bits per heavy atom. The molecule has 0 bridgehead atoms. The van der Waals surface area contributed by atoms with Gasteiger partial charge in [-0.05, 0) is 61.0 Å². The van der Waals surface area contributed by atoms with Gasteiger partial charge in [-0.2, -0.15) is 0 Å². The number of nitrogens with zero attached hydrogens (tertiary/aromatic N) is 1. The third-order valence-corrected chi connectivity index (χ3v) is 4.58. The van der Waals surface area contributed by atoms with Gasteiger partial charge in [0.05, 0.1) is 5.56 Å². The average molecular weight is 416 g/mol. The van der Waals surface area contributed by atoms with Gasteiger partial charge in [-0.25, -0.2) is 9.78 Å². The van der Waals surface area contributed by atoms with Crippen LogP contribution in [0, 0.1) is 0 Å². The number of hydrogen-bond acceptors (Lipinski definition) is 6. The molecular weight excluding hydrogens is 396 g/mol. The molecule has 156 valence electrons. The van der Waals surface area contributed by atoms with Crippen molar-refractivity contribution >= 4 is 28.7 Å². The highest BCUT2D eigenvalue weighted by molar-refractivity contribution is 5.98. The SMILES string of the molecule is CCC(OC(=O)c1ccc2ncoc2c1)C(=O)Nc1ccc(Oc2ccccc2)cc1. The molecule has 0 aliphatic rings. The number of hydrogen-bond donors (Lipinski definition) is 1. The summed E-state index contributed by atoms with van der Waals surface area (Å²) in [6, 6.07) is 21.1. The number of para-hydroxylation sites is 1. The van der Waals surface area contributed by atoms with Crippen molar-refractivity contribution in [3.05, 3.63) is 84.8 Å². The van der Waals surface area contributed by atoms with Crippen molar-refractivity contribution in [2.24, 2.45) is 0 Å². The number of carbonyl (C=O) groups is 2. The van der Waals surface area contributed by atoms with Crippen LogP contribution >= 0.6 is 0 Å². The fourth-order valence-electron chi connectivity index (χ4n) is 2.96. The first-order valence-corrected chi connectivity index (χ1v) is 9.80. The molecule has 1 N–H and O–H groups in total. The smallest absolute Gasteiger partial charge is 0.339 e. The Hall–Kier alpha value is -4.13. The van der Waals surface area contributed by atoms with Crippen LogP contribution in [-0.4, -0.2) is 23.0 Å². The molecule has 0 saturated carbocycles. The lowest BCUT2D eigenvalue weighted by Gasteiger charge is -2.16. The first-order valence-electron chi connectivity index (χ1n) is 9.80.